The number of allylic oxidation sites excluding steroid dienone is 5. The van der Waals surface area contributed by atoms with Gasteiger partial charge in [0, 0.05) is 6.42 Å². The summed E-state index contributed by atoms with van der Waals surface area (Å²) in [6, 6.07) is -0.904. The number of unbranched alkanes of at least 4 members (excludes halogenated alkanes) is 50. The normalized spacial score (nSPS) is 13.8. The fraction of sp³-hybridized carbons (Fsp3) is 0.903. The molecule has 0 radical (unpaired) electrons. The molecular formula is C72H141N2O6P. The van der Waals surface area contributed by atoms with Crippen LogP contribution in [0.1, 0.15) is 367 Å². The van der Waals surface area contributed by atoms with Crippen LogP contribution in [0.25, 0.3) is 0 Å². The molecule has 9 heteroatoms. The van der Waals surface area contributed by atoms with E-state index in [1.165, 1.54) is 308 Å². The lowest BCUT2D eigenvalue weighted by Gasteiger charge is -2.29. The Morgan fingerprint density at radius 2 is 0.691 bits per heavy atom. The largest absolute Gasteiger partial charge is 0.756 e. The third-order valence-electron chi connectivity index (χ3n) is 16.6. The number of nitrogens with one attached hydrogen (secondary N) is 1. The van der Waals surface area contributed by atoms with Crippen molar-refractivity contribution in [2.24, 2.45) is 0 Å². The average molecular weight is 1160 g/mol. The highest BCUT2D eigenvalue weighted by molar-refractivity contribution is 7.45. The molecule has 0 spiro atoms. The molecule has 81 heavy (non-hydrogen) atoms. The summed E-state index contributed by atoms with van der Waals surface area (Å²) in [7, 11) is 1.26. The Bertz CT molecular complexity index is 1410. The lowest BCUT2D eigenvalue weighted by Crippen LogP contribution is -2.45. The van der Waals surface area contributed by atoms with E-state index in [0.29, 0.717) is 17.4 Å². The Morgan fingerprint density at radius 3 is 1.00 bits per heavy atom. The van der Waals surface area contributed by atoms with Gasteiger partial charge in [-0.3, -0.25) is 9.36 Å². The lowest BCUT2D eigenvalue weighted by atomic mass is 10.0. The number of phosphoric acid groups is 1. The minimum Gasteiger partial charge on any atom is -0.756 e. The highest BCUT2D eigenvalue weighted by Crippen LogP contribution is 2.38. The molecule has 0 heterocycles. The number of carbonyl (C=O) groups is 1. The molecule has 3 unspecified atom stereocenters. The van der Waals surface area contributed by atoms with Gasteiger partial charge in [-0.1, -0.05) is 339 Å². The van der Waals surface area contributed by atoms with Gasteiger partial charge in [-0.2, -0.15) is 0 Å². The summed E-state index contributed by atoms with van der Waals surface area (Å²) in [6.45, 7) is 4.69. The first-order chi connectivity index (χ1) is 39.5. The second-order valence-corrected chi connectivity index (χ2v) is 27.3. The summed E-state index contributed by atoms with van der Waals surface area (Å²) < 4.78 is 23.4. The molecule has 0 aliphatic heterocycles. The van der Waals surface area contributed by atoms with Gasteiger partial charge in [0.1, 0.15) is 13.2 Å². The SMILES string of the molecule is CCCCCCCCCCCCCCCC/C=C\CCCCCCCCCCCCCCCCCCCC(=O)NC(COP(=O)([O-])OCC[N+](C)(C)C)C(O)/C=C/CC/C=C/CCCCCCCCCCCCCCCCCCCC. The van der Waals surface area contributed by atoms with Crippen molar-refractivity contribution in [1.82, 2.24) is 5.32 Å². The Balaban J connectivity index is 4.02. The van der Waals surface area contributed by atoms with Crippen LogP contribution < -0.4 is 10.2 Å². The van der Waals surface area contributed by atoms with Gasteiger partial charge in [0.05, 0.1) is 39.9 Å². The highest BCUT2D eigenvalue weighted by Gasteiger charge is 2.23. The van der Waals surface area contributed by atoms with Gasteiger partial charge in [0.25, 0.3) is 7.82 Å². The molecule has 0 aliphatic rings. The zero-order valence-corrected chi connectivity index (χ0v) is 55.9. The zero-order valence-electron chi connectivity index (χ0n) is 55.0. The summed E-state index contributed by atoms with van der Waals surface area (Å²) >= 11 is 0. The van der Waals surface area contributed by atoms with Gasteiger partial charge in [-0.15, -0.1) is 0 Å². The second kappa shape index (κ2) is 63.2. The molecule has 0 saturated carbocycles. The topological polar surface area (TPSA) is 108 Å². The highest BCUT2D eigenvalue weighted by atomic mass is 31.2. The van der Waals surface area contributed by atoms with Crippen LogP contribution in [-0.2, 0) is 18.4 Å². The summed E-state index contributed by atoms with van der Waals surface area (Å²) in [5.41, 5.74) is 0. The van der Waals surface area contributed by atoms with Crippen LogP contribution in [-0.4, -0.2) is 68.5 Å². The van der Waals surface area contributed by atoms with Crippen LogP contribution in [0.2, 0.25) is 0 Å². The van der Waals surface area contributed by atoms with Gasteiger partial charge in [-0.05, 0) is 57.8 Å². The number of hydrogen-bond donors (Lipinski definition) is 2. The van der Waals surface area contributed by atoms with Crippen molar-refractivity contribution in [3.8, 4) is 0 Å². The van der Waals surface area contributed by atoms with Crippen LogP contribution in [0.3, 0.4) is 0 Å². The van der Waals surface area contributed by atoms with Crippen molar-refractivity contribution >= 4 is 13.7 Å². The minimum absolute atomic E-state index is 0.00464. The Kier molecular flexibility index (Phi) is 62.2. The van der Waals surface area contributed by atoms with Crippen molar-refractivity contribution in [3.63, 3.8) is 0 Å². The van der Waals surface area contributed by atoms with Crippen LogP contribution in [0.15, 0.2) is 36.5 Å². The third kappa shape index (κ3) is 66.1. The standard InChI is InChI=1S/C72H141N2O6P/c1-6-8-10-12-14-16-18-20-22-24-26-28-30-32-33-34-35-36-37-38-39-40-41-42-44-46-48-50-52-54-56-58-60-62-64-66-72(76)73-70(69-80-81(77,78)79-68-67-74(3,4)5)71(75)65-63-61-59-57-55-53-51-49-47-45-43-31-29-27-25-23-21-19-17-15-13-11-9-7-2/h34-35,55,57,63,65,70-71,75H,6-33,36-54,56,58-62,64,66-69H2,1-5H3,(H-,73,76,77,78)/b35-34-,57-55+,65-63+. The van der Waals surface area contributed by atoms with E-state index in [4.69, 9.17) is 9.05 Å². The van der Waals surface area contributed by atoms with Crippen molar-refractivity contribution in [2.45, 2.75) is 379 Å². The monoisotopic (exact) mass is 1160 g/mol. The first-order valence-corrected chi connectivity index (χ1v) is 37.3. The number of nitrogens with zero attached hydrogens (tertiary/aromatic N) is 1. The number of amides is 1. The molecule has 0 saturated heterocycles. The number of phosphoric ester groups is 1. The van der Waals surface area contributed by atoms with Crippen molar-refractivity contribution < 1.29 is 32.9 Å². The third-order valence-corrected chi connectivity index (χ3v) is 17.5. The van der Waals surface area contributed by atoms with E-state index in [1.54, 1.807) is 6.08 Å². The smallest absolute Gasteiger partial charge is 0.268 e. The van der Waals surface area contributed by atoms with Crippen molar-refractivity contribution in [2.75, 3.05) is 40.9 Å². The number of rotatable bonds is 67. The molecule has 2 N–H and O–H groups in total. The summed E-state index contributed by atoms with van der Waals surface area (Å²) in [5, 5.41) is 13.9. The van der Waals surface area contributed by atoms with E-state index in [9.17, 15) is 19.4 Å². The van der Waals surface area contributed by atoms with E-state index >= 15 is 0 Å². The molecule has 0 aliphatic carbocycles. The van der Waals surface area contributed by atoms with E-state index in [0.717, 1.165) is 38.5 Å². The first-order valence-electron chi connectivity index (χ1n) is 35.9. The van der Waals surface area contributed by atoms with Gasteiger partial charge < -0.3 is 28.8 Å². The lowest BCUT2D eigenvalue weighted by molar-refractivity contribution is -0.870. The molecule has 0 fully saturated rings. The number of hydrogen-bond acceptors (Lipinski definition) is 6. The Labute approximate surface area is 506 Å². The average Bonchev–Trinajstić information content (AvgIpc) is 3.43. The van der Waals surface area contributed by atoms with Gasteiger partial charge in [0.2, 0.25) is 5.91 Å². The molecule has 8 nitrogen and oxygen atoms in total. The second-order valence-electron chi connectivity index (χ2n) is 25.9. The van der Waals surface area contributed by atoms with E-state index < -0.39 is 20.0 Å². The quantitative estimate of drug-likeness (QED) is 0.0272. The summed E-state index contributed by atoms with van der Waals surface area (Å²) in [6.07, 6.45) is 84.3. The minimum atomic E-state index is -4.61. The fourth-order valence-electron chi connectivity index (χ4n) is 11.0. The maximum atomic E-state index is 13.0. The molecule has 3 atom stereocenters. The molecule has 0 aromatic carbocycles. The van der Waals surface area contributed by atoms with Gasteiger partial charge >= 0.3 is 0 Å². The molecule has 0 aromatic rings. The van der Waals surface area contributed by atoms with Gasteiger partial charge in [-0.25, -0.2) is 0 Å². The predicted molar refractivity (Wildman–Crippen MR) is 353 cm³/mol. The number of carbonyl (C=O) groups excluding carboxylic acids is 1. The zero-order chi connectivity index (χ0) is 59.1. The number of aliphatic hydroxyl groups excluding tert-OH is 1. The maximum absolute atomic E-state index is 13.0. The van der Waals surface area contributed by atoms with E-state index in [2.05, 4.69) is 43.5 Å². The van der Waals surface area contributed by atoms with Crippen molar-refractivity contribution in [3.05, 3.63) is 36.5 Å². The van der Waals surface area contributed by atoms with Crippen LogP contribution >= 0.6 is 7.82 Å². The Morgan fingerprint density at radius 1 is 0.420 bits per heavy atom. The van der Waals surface area contributed by atoms with Gasteiger partial charge in [0.15, 0.2) is 0 Å². The molecule has 0 bridgehead atoms. The number of quaternary nitrogens is 1. The fourth-order valence-corrected chi connectivity index (χ4v) is 11.7. The van der Waals surface area contributed by atoms with Crippen LogP contribution in [0, 0.1) is 0 Å². The van der Waals surface area contributed by atoms with Crippen LogP contribution in [0.5, 0.6) is 0 Å². The number of aliphatic hydroxyl groups is 1. The number of likely N-dealkylation sites (N-methyl/N-ethyl adjacent to an activating group) is 1. The first kappa shape index (κ1) is 79.7. The molecule has 0 aromatic heterocycles. The van der Waals surface area contributed by atoms with Crippen LogP contribution in [0.4, 0.5) is 0 Å². The van der Waals surface area contributed by atoms with Crippen molar-refractivity contribution in [1.29, 1.82) is 0 Å². The molecule has 0 rings (SSSR count). The predicted octanol–water partition coefficient (Wildman–Crippen LogP) is 22.2. The van der Waals surface area contributed by atoms with E-state index in [1.807, 2.05) is 27.2 Å². The molecule has 1 amide bonds. The Hall–Kier alpha value is -1.28. The molecular weight excluding hydrogens is 1020 g/mol. The maximum Gasteiger partial charge on any atom is 0.268 e. The van der Waals surface area contributed by atoms with E-state index in [-0.39, 0.29) is 19.1 Å². The summed E-state index contributed by atoms with van der Waals surface area (Å²) in [5.74, 6) is -0.200. The molecule has 480 valence electrons. The summed E-state index contributed by atoms with van der Waals surface area (Å²) in [4.78, 5) is 25.6.